The Morgan fingerprint density at radius 3 is 2.80 bits per heavy atom. The number of para-hydroxylation sites is 1. The van der Waals surface area contributed by atoms with Crippen molar-refractivity contribution < 1.29 is 9.73 Å². The normalized spacial score (nSPS) is 12.7. The third-order valence-corrected chi connectivity index (χ3v) is 4.68. The number of hydrogen-bond acceptors (Lipinski definition) is 3. The molecule has 2 aromatic carbocycles. The third-order valence-electron chi connectivity index (χ3n) is 4.34. The molecule has 2 aromatic heterocycles. The molecule has 3 N–H and O–H groups in total. The number of rotatable bonds is 4. The van der Waals surface area contributed by atoms with Gasteiger partial charge in [0.25, 0.3) is 5.56 Å². The second-order valence-electron chi connectivity index (χ2n) is 6.04. The number of nitrogens with zero attached hydrogens (tertiary/aromatic N) is 1. The van der Waals surface area contributed by atoms with E-state index in [1.807, 2.05) is 48.5 Å². The summed E-state index contributed by atoms with van der Waals surface area (Å²) in [6.45, 7) is 2.61. The van der Waals surface area contributed by atoms with Gasteiger partial charge in [-0.1, -0.05) is 41.9 Å². The fourth-order valence-electron chi connectivity index (χ4n) is 3.00. The molecule has 0 amide bonds. The predicted octanol–water partition coefficient (Wildman–Crippen LogP) is 3.15. The van der Waals surface area contributed by atoms with Crippen LogP contribution in [0.2, 0.25) is 5.02 Å². The molecule has 0 aliphatic carbocycles. The van der Waals surface area contributed by atoms with Crippen LogP contribution in [0.3, 0.4) is 0 Å². The van der Waals surface area contributed by atoms with E-state index in [0.717, 1.165) is 16.0 Å². The van der Waals surface area contributed by atoms with Crippen LogP contribution >= 0.6 is 11.6 Å². The van der Waals surface area contributed by atoms with Crippen molar-refractivity contribution in [3.63, 3.8) is 0 Å². The average Bonchev–Trinajstić information content (AvgIpc) is 3.00. The monoisotopic (exact) mass is 354 g/mol. The molecule has 0 aliphatic heterocycles. The Bertz CT molecular complexity index is 1120. The predicted molar refractivity (Wildman–Crippen MR) is 97.6 cm³/mol. The Morgan fingerprint density at radius 2 is 1.96 bits per heavy atom. The van der Waals surface area contributed by atoms with Gasteiger partial charge in [-0.05, 0) is 25.1 Å². The van der Waals surface area contributed by atoms with Crippen LogP contribution in [0.4, 0.5) is 0 Å². The zero-order valence-electron chi connectivity index (χ0n) is 13.6. The van der Waals surface area contributed by atoms with Gasteiger partial charge >= 0.3 is 0 Å². The summed E-state index contributed by atoms with van der Waals surface area (Å²) in [5, 5.41) is 3.68. The molecular formula is C19H17ClN3O2+. The maximum absolute atomic E-state index is 12.3. The van der Waals surface area contributed by atoms with Crippen molar-refractivity contribution in [3.05, 3.63) is 75.3 Å². The van der Waals surface area contributed by atoms with E-state index in [-0.39, 0.29) is 17.2 Å². The van der Waals surface area contributed by atoms with Gasteiger partial charge in [0.2, 0.25) is 5.58 Å². The number of nitrogens with one attached hydrogen (secondary N) is 1. The zero-order valence-corrected chi connectivity index (χ0v) is 14.4. The summed E-state index contributed by atoms with van der Waals surface area (Å²) in [7, 11) is 0. The van der Waals surface area contributed by atoms with Crippen LogP contribution in [-0.4, -0.2) is 9.97 Å². The van der Waals surface area contributed by atoms with Gasteiger partial charge in [-0.2, -0.15) is 0 Å². The second-order valence-corrected chi connectivity index (χ2v) is 6.45. The van der Waals surface area contributed by atoms with E-state index >= 15 is 0 Å². The first-order valence-corrected chi connectivity index (χ1v) is 8.49. The van der Waals surface area contributed by atoms with Gasteiger partial charge in [0.15, 0.2) is 5.82 Å². The number of aromatic nitrogens is 2. The van der Waals surface area contributed by atoms with Crippen molar-refractivity contribution in [2.24, 2.45) is 0 Å². The number of furan rings is 1. The number of nitrogens with two attached hydrogens (primary N) is 1. The van der Waals surface area contributed by atoms with Gasteiger partial charge in [-0.25, -0.2) is 4.98 Å². The van der Waals surface area contributed by atoms with E-state index in [2.05, 4.69) is 22.2 Å². The fourth-order valence-corrected chi connectivity index (χ4v) is 3.31. The van der Waals surface area contributed by atoms with Crippen molar-refractivity contribution in [2.75, 3.05) is 0 Å². The third kappa shape index (κ3) is 2.92. The summed E-state index contributed by atoms with van der Waals surface area (Å²) in [5.41, 5.74) is 2.34. The van der Waals surface area contributed by atoms with E-state index in [9.17, 15) is 4.79 Å². The van der Waals surface area contributed by atoms with Gasteiger partial charge in [-0.15, -0.1) is 0 Å². The summed E-state index contributed by atoms with van der Waals surface area (Å²) in [5.74, 6) is 0.614. The summed E-state index contributed by atoms with van der Waals surface area (Å²) < 4.78 is 5.61. The Morgan fingerprint density at radius 1 is 1.20 bits per heavy atom. The molecule has 126 valence electrons. The molecule has 0 saturated carbocycles. The van der Waals surface area contributed by atoms with Crippen molar-refractivity contribution in [3.8, 4) is 0 Å². The van der Waals surface area contributed by atoms with Crippen molar-refractivity contribution in [1.82, 2.24) is 9.97 Å². The van der Waals surface area contributed by atoms with Crippen molar-refractivity contribution in [2.45, 2.75) is 19.5 Å². The Hall–Kier alpha value is -2.63. The quantitative estimate of drug-likeness (QED) is 0.591. The molecule has 6 heteroatoms. The zero-order chi connectivity index (χ0) is 17.4. The van der Waals surface area contributed by atoms with Gasteiger partial charge in [0, 0.05) is 16.0 Å². The number of halogens is 1. The summed E-state index contributed by atoms with van der Waals surface area (Å²) in [6.07, 6.45) is 0. The van der Waals surface area contributed by atoms with E-state index in [1.165, 1.54) is 0 Å². The average molecular weight is 355 g/mol. The van der Waals surface area contributed by atoms with Gasteiger partial charge in [0.1, 0.15) is 23.7 Å². The fraction of sp³-hybridized carbons (Fsp3) is 0.158. The molecule has 4 rings (SSSR count). The minimum Gasteiger partial charge on any atom is -0.449 e. The van der Waals surface area contributed by atoms with Gasteiger partial charge < -0.3 is 14.7 Å². The van der Waals surface area contributed by atoms with Crippen LogP contribution in [0.1, 0.15) is 24.4 Å². The van der Waals surface area contributed by atoms with Crippen LogP contribution in [0.25, 0.3) is 22.1 Å². The summed E-state index contributed by atoms with van der Waals surface area (Å²) >= 11 is 6.25. The molecule has 25 heavy (non-hydrogen) atoms. The SMILES string of the molecule is C[C@@H]([NH2+]Cc1nc2c(oc3ccccc32)c(=O)[nH]1)c1ccccc1Cl. The van der Waals surface area contributed by atoms with E-state index in [0.29, 0.717) is 23.5 Å². The number of aromatic amines is 1. The highest BCUT2D eigenvalue weighted by molar-refractivity contribution is 6.31. The number of hydrogen-bond donors (Lipinski definition) is 2. The number of quaternary nitrogens is 1. The van der Waals surface area contributed by atoms with E-state index in [4.69, 9.17) is 16.0 Å². The smallest absolute Gasteiger partial charge is 0.294 e. The lowest BCUT2D eigenvalue weighted by Gasteiger charge is -2.12. The molecule has 0 radical (unpaired) electrons. The molecule has 0 saturated heterocycles. The minimum atomic E-state index is -0.255. The van der Waals surface area contributed by atoms with E-state index in [1.54, 1.807) is 0 Å². The highest BCUT2D eigenvalue weighted by Gasteiger charge is 2.16. The van der Waals surface area contributed by atoms with Crippen LogP contribution in [0.5, 0.6) is 0 Å². The molecule has 0 aliphatic rings. The summed E-state index contributed by atoms with van der Waals surface area (Å²) in [4.78, 5) is 19.7. The maximum Gasteiger partial charge on any atom is 0.294 e. The van der Waals surface area contributed by atoms with Gasteiger partial charge in [-0.3, -0.25) is 4.79 Å². The first-order chi connectivity index (χ1) is 12.1. The van der Waals surface area contributed by atoms with Crippen LogP contribution < -0.4 is 10.9 Å². The van der Waals surface area contributed by atoms with Crippen LogP contribution in [0, 0.1) is 0 Å². The molecular weight excluding hydrogens is 338 g/mol. The van der Waals surface area contributed by atoms with Gasteiger partial charge in [0.05, 0.1) is 0 Å². The molecule has 0 fully saturated rings. The molecule has 4 aromatic rings. The lowest BCUT2D eigenvalue weighted by Crippen LogP contribution is -2.83. The topological polar surface area (TPSA) is 75.5 Å². The lowest BCUT2D eigenvalue weighted by atomic mass is 10.1. The second kappa shape index (κ2) is 6.35. The lowest BCUT2D eigenvalue weighted by molar-refractivity contribution is -0.708. The highest BCUT2D eigenvalue weighted by Crippen LogP contribution is 2.24. The first-order valence-electron chi connectivity index (χ1n) is 8.11. The minimum absolute atomic E-state index is 0.149. The van der Waals surface area contributed by atoms with Crippen molar-refractivity contribution in [1.29, 1.82) is 0 Å². The molecule has 0 spiro atoms. The highest BCUT2D eigenvalue weighted by atomic mass is 35.5. The Labute approximate surface area is 148 Å². The molecule has 2 heterocycles. The molecule has 1 atom stereocenters. The molecule has 0 bridgehead atoms. The maximum atomic E-state index is 12.3. The standard InChI is InChI=1S/C19H16ClN3O2/c1-11(12-6-2-4-8-14(12)20)21-10-16-22-17-13-7-3-5-9-15(13)25-18(17)19(24)23-16/h2-9,11,21H,10H2,1H3,(H,22,23,24)/p+1/t11-/m1/s1. The Kier molecular flexibility index (Phi) is 4.03. The largest absolute Gasteiger partial charge is 0.449 e. The first kappa shape index (κ1) is 15.9. The van der Waals surface area contributed by atoms with Crippen LogP contribution in [-0.2, 0) is 6.54 Å². The van der Waals surface area contributed by atoms with Crippen LogP contribution in [0.15, 0.2) is 57.7 Å². The molecule has 0 unspecified atom stereocenters. The number of benzene rings is 2. The Balaban J connectivity index is 1.65. The number of fused-ring (bicyclic) bond motifs is 3. The van der Waals surface area contributed by atoms with Crippen molar-refractivity contribution >= 4 is 33.7 Å². The number of H-pyrrole nitrogens is 1. The summed E-state index contributed by atoms with van der Waals surface area (Å²) in [6, 6.07) is 15.4. The molecule has 5 nitrogen and oxygen atoms in total. The van der Waals surface area contributed by atoms with E-state index < -0.39 is 0 Å².